The molecule has 2 amide bonds. The third kappa shape index (κ3) is 5.90. The summed E-state index contributed by atoms with van der Waals surface area (Å²) in [5.74, 6) is -0.595. The standard InChI is InChI=1S/C14H20BrN3O4/c1-14(2,3)22-13(21)18-11(7-19)12(20)17-10-5-4-8(15)6-9(10)16/h4-6,11,19H,7,16H2,1-3H3,(H,17,20)(H,18,21)/t11-/m0/s1. The number of halogens is 1. The van der Waals surface area contributed by atoms with Crippen LogP contribution in [-0.2, 0) is 9.53 Å². The maximum atomic E-state index is 12.1. The predicted molar refractivity (Wildman–Crippen MR) is 87.4 cm³/mol. The van der Waals surface area contributed by atoms with Crippen molar-refractivity contribution in [1.82, 2.24) is 5.32 Å². The van der Waals surface area contributed by atoms with Gasteiger partial charge in [0.1, 0.15) is 11.6 Å². The molecule has 1 aromatic rings. The van der Waals surface area contributed by atoms with Crippen molar-refractivity contribution in [3.05, 3.63) is 22.7 Å². The molecule has 0 aromatic heterocycles. The van der Waals surface area contributed by atoms with Gasteiger partial charge in [0.15, 0.2) is 0 Å². The second-order valence-corrected chi connectivity index (χ2v) is 6.52. The molecule has 1 rings (SSSR count). The minimum atomic E-state index is -1.14. The van der Waals surface area contributed by atoms with Crippen LogP contribution in [-0.4, -0.2) is 35.4 Å². The van der Waals surface area contributed by atoms with Gasteiger partial charge in [0.05, 0.1) is 18.0 Å². The second kappa shape index (κ2) is 7.46. The molecule has 0 saturated carbocycles. The number of benzene rings is 1. The van der Waals surface area contributed by atoms with Gasteiger partial charge < -0.3 is 26.2 Å². The lowest BCUT2D eigenvalue weighted by atomic mass is 10.2. The first-order valence-electron chi connectivity index (χ1n) is 6.58. The van der Waals surface area contributed by atoms with E-state index in [-0.39, 0.29) is 0 Å². The van der Waals surface area contributed by atoms with Gasteiger partial charge >= 0.3 is 6.09 Å². The van der Waals surface area contributed by atoms with Crippen LogP contribution in [0.1, 0.15) is 20.8 Å². The van der Waals surface area contributed by atoms with Gasteiger partial charge in [0.2, 0.25) is 5.91 Å². The molecule has 0 unspecified atom stereocenters. The molecule has 0 aliphatic rings. The molecule has 0 spiro atoms. The molecule has 122 valence electrons. The molecule has 0 heterocycles. The second-order valence-electron chi connectivity index (χ2n) is 5.60. The molecule has 0 fully saturated rings. The number of nitrogen functional groups attached to an aromatic ring is 1. The van der Waals surface area contributed by atoms with Gasteiger partial charge in [-0.1, -0.05) is 15.9 Å². The van der Waals surface area contributed by atoms with E-state index in [2.05, 4.69) is 26.6 Å². The fraction of sp³-hybridized carbons (Fsp3) is 0.429. The number of aliphatic hydroxyl groups excluding tert-OH is 1. The van der Waals surface area contributed by atoms with E-state index in [9.17, 15) is 14.7 Å². The highest BCUT2D eigenvalue weighted by Gasteiger charge is 2.24. The number of carbonyl (C=O) groups is 2. The number of nitrogens with one attached hydrogen (secondary N) is 2. The molecular formula is C14H20BrN3O4. The van der Waals surface area contributed by atoms with Crippen molar-refractivity contribution in [3.8, 4) is 0 Å². The van der Waals surface area contributed by atoms with Gasteiger partial charge in [0, 0.05) is 4.47 Å². The van der Waals surface area contributed by atoms with Crippen LogP contribution >= 0.6 is 15.9 Å². The molecule has 0 saturated heterocycles. The number of rotatable bonds is 4. The number of nitrogens with two attached hydrogens (primary N) is 1. The lowest BCUT2D eigenvalue weighted by Gasteiger charge is -2.22. The Balaban J connectivity index is 2.70. The van der Waals surface area contributed by atoms with E-state index < -0.39 is 30.3 Å². The molecule has 0 aliphatic heterocycles. The lowest BCUT2D eigenvalue weighted by Crippen LogP contribution is -2.47. The van der Waals surface area contributed by atoms with E-state index in [0.717, 1.165) is 4.47 Å². The van der Waals surface area contributed by atoms with Crippen molar-refractivity contribution < 1.29 is 19.4 Å². The van der Waals surface area contributed by atoms with E-state index in [1.54, 1.807) is 39.0 Å². The van der Waals surface area contributed by atoms with Crippen molar-refractivity contribution in [1.29, 1.82) is 0 Å². The van der Waals surface area contributed by atoms with E-state index in [0.29, 0.717) is 11.4 Å². The SMILES string of the molecule is CC(C)(C)OC(=O)N[C@@H](CO)C(=O)Nc1ccc(Br)cc1N. The third-order valence-corrected chi connectivity index (χ3v) is 2.95. The van der Waals surface area contributed by atoms with Crippen LogP contribution in [0, 0.1) is 0 Å². The van der Waals surface area contributed by atoms with E-state index in [1.807, 2.05) is 0 Å². The smallest absolute Gasteiger partial charge is 0.408 e. The molecule has 22 heavy (non-hydrogen) atoms. The van der Waals surface area contributed by atoms with Gasteiger partial charge in [0.25, 0.3) is 0 Å². The normalized spacial score (nSPS) is 12.4. The molecule has 7 nitrogen and oxygen atoms in total. The van der Waals surface area contributed by atoms with Gasteiger partial charge in [-0.15, -0.1) is 0 Å². The molecular weight excluding hydrogens is 354 g/mol. The van der Waals surface area contributed by atoms with Crippen molar-refractivity contribution in [2.75, 3.05) is 17.7 Å². The number of hydrogen-bond donors (Lipinski definition) is 4. The monoisotopic (exact) mass is 373 g/mol. The van der Waals surface area contributed by atoms with Crippen LogP contribution in [0.3, 0.4) is 0 Å². The fourth-order valence-corrected chi connectivity index (χ4v) is 1.89. The van der Waals surface area contributed by atoms with Gasteiger partial charge in [-0.3, -0.25) is 4.79 Å². The Morgan fingerprint density at radius 2 is 2.05 bits per heavy atom. The highest BCUT2D eigenvalue weighted by molar-refractivity contribution is 9.10. The zero-order valence-corrected chi connectivity index (χ0v) is 14.2. The number of anilines is 2. The van der Waals surface area contributed by atoms with Crippen molar-refractivity contribution in [3.63, 3.8) is 0 Å². The van der Waals surface area contributed by atoms with Crippen LogP contribution in [0.25, 0.3) is 0 Å². The molecule has 0 aliphatic carbocycles. The average molecular weight is 374 g/mol. The third-order valence-electron chi connectivity index (χ3n) is 2.46. The average Bonchev–Trinajstić information content (AvgIpc) is 2.37. The minimum absolute atomic E-state index is 0.358. The Morgan fingerprint density at radius 1 is 1.41 bits per heavy atom. The summed E-state index contributed by atoms with van der Waals surface area (Å²) in [6.45, 7) is 4.52. The quantitative estimate of drug-likeness (QED) is 0.601. The maximum Gasteiger partial charge on any atom is 0.408 e. The Bertz CT molecular complexity index is 558. The number of aliphatic hydroxyl groups is 1. The van der Waals surface area contributed by atoms with Crippen LogP contribution in [0.15, 0.2) is 22.7 Å². The van der Waals surface area contributed by atoms with E-state index in [1.165, 1.54) is 0 Å². The summed E-state index contributed by atoms with van der Waals surface area (Å²) in [6.07, 6.45) is -0.787. The summed E-state index contributed by atoms with van der Waals surface area (Å²) in [4.78, 5) is 23.7. The first kappa shape index (κ1) is 18.2. The molecule has 0 radical (unpaired) electrons. The van der Waals surface area contributed by atoms with Gasteiger partial charge in [-0.05, 0) is 39.0 Å². The number of amides is 2. The molecule has 8 heteroatoms. The van der Waals surface area contributed by atoms with Crippen LogP contribution in [0.4, 0.5) is 16.2 Å². The van der Waals surface area contributed by atoms with Gasteiger partial charge in [-0.2, -0.15) is 0 Å². The number of alkyl carbamates (subject to hydrolysis) is 1. The first-order valence-corrected chi connectivity index (χ1v) is 7.38. The summed E-state index contributed by atoms with van der Waals surface area (Å²) in [7, 11) is 0. The Kier molecular flexibility index (Phi) is 6.19. The topological polar surface area (TPSA) is 114 Å². The van der Waals surface area contributed by atoms with E-state index >= 15 is 0 Å². The summed E-state index contributed by atoms with van der Waals surface area (Å²) in [5, 5.41) is 14.1. The first-order chi connectivity index (χ1) is 10.1. The number of carbonyl (C=O) groups excluding carboxylic acids is 2. The zero-order valence-electron chi connectivity index (χ0n) is 12.6. The summed E-state index contributed by atoms with van der Waals surface area (Å²) < 4.78 is 5.81. The fourth-order valence-electron chi connectivity index (χ4n) is 1.51. The highest BCUT2D eigenvalue weighted by Crippen LogP contribution is 2.23. The van der Waals surface area contributed by atoms with Crippen LogP contribution in [0.5, 0.6) is 0 Å². The minimum Gasteiger partial charge on any atom is -0.444 e. The van der Waals surface area contributed by atoms with E-state index in [4.69, 9.17) is 10.5 Å². The largest absolute Gasteiger partial charge is 0.444 e. The molecule has 1 atom stereocenters. The Labute approximate surface area is 137 Å². The Hall–Kier alpha value is -1.80. The highest BCUT2D eigenvalue weighted by atomic mass is 79.9. The van der Waals surface area contributed by atoms with Crippen LogP contribution in [0.2, 0.25) is 0 Å². The molecule has 0 bridgehead atoms. The lowest BCUT2D eigenvalue weighted by molar-refractivity contribution is -0.119. The molecule has 5 N–H and O–H groups in total. The van der Waals surface area contributed by atoms with Crippen molar-refractivity contribution in [2.24, 2.45) is 0 Å². The van der Waals surface area contributed by atoms with Crippen LogP contribution < -0.4 is 16.4 Å². The number of hydrogen-bond acceptors (Lipinski definition) is 5. The predicted octanol–water partition coefficient (Wildman–Crippen LogP) is 1.86. The maximum absolute atomic E-state index is 12.1. The number of ether oxygens (including phenoxy) is 1. The summed E-state index contributed by atoms with van der Waals surface area (Å²) >= 11 is 3.26. The zero-order chi connectivity index (χ0) is 16.9. The molecule has 1 aromatic carbocycles. The van der Waals surface area contributed by atoms with Crippen molar-refractivity contribution in [2.45, 2.75) is 32.4 Å². The summed E-state index contributed by atoms with van der Waals surface area (Å²) in [6, 6.07) is 3.81. The Morgan fingerprint density at radius 3 is 2.55 bits per heavy atom. The summed E-state index contributed by atoms with van der Waals surface area (Å²) in [5.41, 5.74) is 5.82. The van der Waals surface area contributed by atoms with Gasteiger partial charge in [-0.25, -0.2) is 4.79 Å². The van der Waals surface area contributed by atoms with Crippen molar-refractivity contribution >= 4 is 39.3 Å².